The second kappa shape index (κ2) is 8.29. The van der Waals surface area contributed by atoms with Crippen LogP contribution in [0.15, 0.2) is 72.0 Å². The van der Waals surface area contributed by atoms with Gasteiger partial charge in [0.25, 0.3) is 5.91 Å². The van der Waals surface area contributed by atoms with E-state index in [2.05, 4.69) is 4.98 Å². The standard InChI is InChI=1S/C21H22N4O4S/c1-29-18-7-9-19(10-8-18)30(27,28)24-13-11-23(12-14-24)21(26)20-15-22-16-25(20)17-5-3-2-4-6-17/h2-10,15-16H,11-14H2,1H3. The van der Waals surface area contributed by atoms with E-state index in [4.69, 9.17) is 4.74 Å². The second-order valence-corrected chi connectivity index (χ2v) is 8.79. The summed E-state index contributed by atoms with van der Waals surface area (Å²) < 4.78 is 34.0. The third kappa shape index (κ3) is 3.81. The largest absolute Gasteiger partial charge is 0.497 e. The van der Waals surface area contributed by atoms with Crippen LogP contribution < -0.4 is 4.74 Å². The van der Waals surface area contributed by atoms with Crippen LogP contribution in [0.4, 0.5) is 0 Å². The van der Waals surface area contributed by atoms with Crippen LogP contribution >= 0.6 is 0 Å². The number of aromatic nitrogens is 2. The van der Waals surface area contributed by atoms with Crippen molar-refractivity contribution in [3.8, 4) is 11.4 Å². The fraction of sp³-hybridized carbons (Fsp3) is 0.238. The highest BCUT2D eigenvalue weighted by Gasteiger charge is 2.31. The minimum absolute atomic E-state index is 0.169. The van der Waals surface area contributed by atoms with E-state index in [1.807, 2.05) is 30.3 Å². The monoisotopic (exact) mass is 426 g/mol. The fourth-order valence-corrected chi connectivity index (χ4v) is 4.86. The Hall–Kier alpha value is -3.17. The molecule has 1 aromatic heterocycles. The lowest BCUT2D eigenvalue weighted by Crippen LogP contribution is -2.50. The molecule has 0 spiro atoms. The van der Waals surface area contributed by atoms with Gasteiger partial charge in [-0.2, -0.15) is 4.31 Å². The molecule has 1 saturated heterocycles. The molecule has 1 amide bonds. The van der Waals surface area contributed by atoms with Crippen LogP contribution in [0.1, 0.15) is 10.5 Å². The van der Waals surface area contributed by atoms with Crippen molar-refractivity contribution in [2.24, 2.45) is 0 Å². The van der Waals surface area contributed by atoms with Crippen LogP contribution in [0, 0.1) is 0 Å². The lowest BCUT2D eigenvalue weighted by molar-refractivity contribution is 0.0690. The summed E-state index contributed by atoms with van der Waals surface area (Å²) in [5.74, 6) is 0.428. The number of rotatable bonds is 5. The predicted octanol–water partition coefficient (Wildman–Crippen LogP) is 2.03. The quantitative estimate of drug-likeness (QED) is 0.623. The summed E-state index contributed by atoms with van der Waals surface area (Å²) in [6, 6.07) is 15.8. The Balaban J connectivity index is 1.46. The molecule has 1 aliphatic rings. The number of carbonyl (C=O) groups is 1. The number of hydrogen-bond acceptors (Lipinski definition) is 5. The van der Waals surface area contributed by atoms with E-state index in [1.54, 1.807) is 27.9 Å². The molecule has 0 radical (unpaired) electrons. The molecule has 0 atom stereocenters. The summed E-state index contributed by atoms with van der Waals surface area (Å²) >= 11 is 0. The number of hydrogen-bond donors (Lipinski definition) is 0. The molecule has 1 aliphatic heterocycles. The van der Waals surface area contributed by atoms with Gasteiger partial charge in [0.1, 0.15) is 11.4 Å². The summed E-state index contributed by atoms with van der Waals surface area (Å²) in [4.78, 5) is 19.0. The van der Waals surface area contributed by atoms with Crippen LogP contribution in [-0.2, 0) is 10.0 Å². The number of sulfonamides is 1. The number of ether oxygens (including phenoxy) is 1. The molecule has 8 nitrogen and oxygen atoms in total. The molecule has 0 unspecified atom stereocenters. The Kier molecular flexibility index (Phi) is 5.56. The van der Waals surface area contributed by atoms with Gasteiger partial charge in [0.05, 0.1) is 24.5 Å². The smallest absolute Gasteiger partial charge is 0.272 e. The average molecular weight is 426 g/mol. The van der Waals surface area contributed by atoms with E-state index in [-0.39, 0.29) is 23.9 Å². The molecule has 2 heterocycles. The normalized spacial score (nSPS) is 15.2. The van der Waals surface area contributed by atoms with Crippen LogP contribution in [0.5, 0.6) is 5.75 Å². The van der Waals surface area contributed by atoms with E-state index in [0.29, 0.717) is 24.5 Å². The van der Waals surface area contributed by atoms with Crippen LogP contribution in [0.2, 0.25) is 0 Å². The molecule has 0 saturated carbocycles. The number of carbonyl (C=O) groups excluding carboxylic acids is 1. The lowest BCUT2D eigenvalue weighted by atomic mass is 10.3. The van der Waals surface area contributed by atoms with Crippen LogP contribution in [0.3, 0.4) is 0 Å². The van der Waals surface area contributed by atoms with E-state index in [0.717, 1.165) is 5.69 Å². The number of imidazole rings is 1. The van der Waals surface area contributed by atoms with Gasteiger partial charge < -0.3 is 9.64 Å². The second-order valence-electron chi connectivity index (χ2n) is 6.86. The highest BCUT2D eigenvalue weighted by molar-refractivity contribution is 7.89. The van der Waals surface area contributed by atoms with E-state index in [9.17, 15) is 13.2 Å². The first-order valence-corrected chi connectivity index (χ1v) is 11.0. The molecule has 156 valence electrons. The number of benzene rings is 2. The Morgan fingerprint density at radius 1 is 0.967 bits per heavy atom. The van der Waals surface area contributed by atoms with Gasteiger partial charge >= 0.3 is 0 Å². The molecular weight excluding hydrogens is 404 g/mol. The fourth-order valence-electron chi connectivity index (χ4n) is 3.44. The Bertz CT molecular complexity index is 1120. The van der Waals surface area contributed by atoms with Crippen LogP contribution in [-0.4, -0.2) is 66.4 Å². The zero-order valence-corrected chi connectivity index (χ0v) is 17.3. The lowest BCUT2D eigenvalue weighted by Gasteiger charge is -2.34. The highest BCUT2D eigenvalue weighted by Crippen LogP contribution is 2.21. The third-order valence-corrected chi connectivity index (χ3v) is 7.03. The molecule has 0 bridgehead atoms. The van der Waals surface area contributed by atoms with Gasteiger partial charge in [0, 0.05) is 31.9 Å². The summed E-state index contributed by atoms with van der Waals surface area (Å²) in [5.41, 5.74) is 1.30. The Morgan fingerprint density at radius 2 is 1.63 bits per heavy atom. The first-order chi connectivity index (χ1) is 14.5. The Morgan fingerprint density at radius 3 is 2.27 bits per heavy atom. The maximum atomic E-state index is 13.0. The zero-order valence-electron chi connectivity index (χ0n) is 16.5. The number of nitrogens with zero attached hydrogens (tertiary/aromatic N) is 4. The molecule has 30 heavy (non-hydrogen) atoms. The van der Waals surface area contributed by atoms with E-state index in [1.165, 1.54) is 29.7 Å². The molecule has 0 N–H and O–H groups in total. The van der Waals surface area contributed by atoms with Gasteiger partial charge in [-0.3, -0.25) is 9.36 Å². The maximum Gasteiger partial charge on any atom is 0.272 e. The number of para-hydroxylation sites is 1. The van der Waals surface area contributed by atoms with Crippen molar-refractivity contribution >= 4 is 15.9 Å². The van der Waals surface area contributed by atoms with Gasteiger partial charge in [0.2, 0.25) is 10.0 Å². The summed E-state index contributed by atoms with van der Waals surface area (Å²) in [7, 11) is -2.09. The van der Waals surface area contributed by atoms with Gasteiger partial charge in [-0.15, -0.1) is 0 Å². The van der Waals surface area contributed by atoms with Gasteiger partial charge in [-0.1, -0.05) is 18.2 Å². The first-order valence-electron chi connectivity index (χ1n) is 9.52. The zero-order chi connectivity index (χ0) is 21.1. The first kappa shape index (κ1) is 20.1. The number of amides is 1. The van der Waals surface area contributed by atoms with Crippen molar-refractivity contribution in [2.75, 3.05) is 33.3 Å². The van der Waals surface area contributed by atoms with Crippen molar-refractivity contribution in [1.29, 1.82) is 0 Å². The van der Waals surface area contributed by atoms with Crippen molar-refractivity contribution in [1.82, 2.24) is 18.8 Å². The van der Waals surface area contributed by atoms with E-state index < -0.39 is 10.0 Å². The molecule has 4 rings (SSSR count). The molecule has 1 fully saturated rings. The topological polar surface area (TPSA) is 84.7 Å². The molecule has 2 aromatic carbocycles. The molecule has 9 heteroatoms. The van der Waals surface area contributed by atoms with Crippen molar-refractivity contribution < 1.29 is 17.9 Å². The number of piperazine rings is 1. The SMILES string of the molecule is COc1ccc(S(=O)(=O)N2CCN(C(=O)c3cncn3-c3ccccc3)CC2)cc1. The third-order valence-electron chi connectivity index (χ3n) is 5.12. The molecule has 0 aliphatic carbocycles. The van der Waals surface area contributed by atoms with Gasteiger partial charge in [-0.25, -0.2) is 13.4 Å². The predicted molar refractivity (Wildman–Crippen MR) is 111 cm³/mol. The number of methoxy groups -OCH3 is 1. The summed E-state index contributed by atoms with van der Waals surface area (Å²) in [6.45, 7) is 1.10. The summed E-state index contributed by atoms with van der Waals surface area (Å²) in [5, 5.41) is 0. The minimum atomic E-state index is -3.62. The molecular formula is C21H22N4O4S. The summed E-state index contributed by atoms with van der Waals surface area (Å²) in [6.07, 6.45) is 3.14. The minimum Gasteiger partial charge on any atom is -0.497 e. The van der Waals surface area contributed by atoms with Crippen molar-refractivity contribution in [2.45, 2.75) is 4.90 Å². The average Bonchev–Trinajstić information content (AvgIpc) is 3.29. The van der Waals surface area contributed by atoms with Crippen molar-refractivity contribution in [3.63, 3.8) is 0 Å². The Labute approximate surface area is 175 Å². The van der Waals surface area contributed by atoms with Gasteiger partial charge in [0.15, 0.2) is 0 Å². The maximum absolute atomic E-state index is 13.0. The van der Waals surface area contributed by atoms with Crippen LogP contribution in [0.25, 0.3) is 5.69 Å². The van der Waals surface area contributed by atoms with Crippen molar-refractivity contribution in [3.05, 3.63) is 72.8 Å². The highest BCUT2D eigenvalue weighted by atomic mass is 32.2. The molecule has 3 aromatic rings. The van der Waals surface area contributed by atoms with E-state index >= 15 is 0 Å². The van der Waals surface area contributed by atoms with Gasteiger partial charge in [-0.05, 0) is 36.4 Å².